The molecule has 4 atom stereocenters. The molecule has 5 amide bonds. The van der Waals surface area contributed by atoms with Crippen LogP contribution in [0.2, 0.25) is 0 Å². The lowest BCUT2D eigenvalue weighted by molar-refractivity contribution is -0.141. The minimum atomic E-state index is -1.53. The molecule has 1 aromatic rings. The van der Waals surface area contributed by atoms with Crippen molar-refractivity contribution in [1.82, 2.24) is 26.6 Å². The fraction of sp³-hybridized carbons (Fsp3) is 0.536. The number of aliphatic imine (C=N–C) groups is 1. The van der Waals surface area contributed by atoms with Crippen molar-refractivity contribution < 1.29 is 33.9 Å². The van der Waals surface area contributed by atoms with Gasteiger partial charge >= 0.3 is 5.97 Å². The highest BCUT2D eigenvalue weighted by molar-refractivity contribution is 5.98. The quantitative estimate of drug-likeness (QED) is 0.0719. The van der Waals surface area contributed by atoms with Gasteiger partial charge in [0.25, 0.3) is 0 Å². The zero-order chi connectivity index (χ0) is 33.1. The number of aliphatic carboxylic acids is 1. The molecule has 1 aliphatic rings. The summed E-state index contributed by atoms with van der Waals surface area (Å²) in [6.07, 6.45) is 1.24. The van der Waals surface area contributed by atoms with Crippen molar-refractivity contribution >= 4 is 41.5 Å². The van der Waals surface area contributed by atoms with Gasteiger partial charge in [-0.25, -0.2) is 0 Å². The minimum Gasteiger partial charge on any atom is -0.481 e. The van der Waals surface area contributed by atoms with Gasteiger partial charge in [0, 0.05) is 13.0 Å². The summed E-state index contributed by atoms with van der Waals surface area (Å²) in [5, 5.41) is 21.9. The van der Waals surface area contributed by atoms with Crippen LogP contribution in [0.25, 0.3) is 0 Å². The van der Waals surface area contributed by atoms with Gasteiger partial charge in [-0.15, -0.1) is 0 Å². The van der Waals surface area contributed by atoms with Gasteiger partial charge in [-0.1, -0.05) is 50.1 Å². The molecule has 1 aromatic carbocycles. The molecule has 1 aliphatic heterocycles. The summed E-state index contributed by atoms with van der Waals surface area (Å²) in [4.78, 5) is 80.9. The molecule has 1 heterocycles. The molecule has 44 heavy (non-hydrogen) atoms. The molecular formula is C28H45N9O7. The molecule has 0 unspecified atom stereocenters. The van der Waals surface area contributed by atoms with E-state index in [0.717, 1.165) is 6.42 Å². The molecule has 2 rings (SSSR count). The maximum Gasteiger partial charge on any atom is 0.305 e. The molecule has 0 saturated carbocycles. The molecule has 12 N–H and O–H groups in total. The third kappa shape index (κ3) is 14.0. The van der Waals surface area contributed by atoms with Gasteiger partial charge in [0.1, 0.15) is 24.2 Å². The standard InChI is InChI=1S/C27H40N8O7.CH5N/c1-2-3-10-18-24(40)33-17(11-7-12-30-27(28)29)23(39)31-15-21(36)32-20(14-22(37)38)26(42)35-19(25(41)34-18)13-16-8-5-4-6-9-16;1-2/h4-6,8-9,17-20H,2-3,7,10-15H2,1H3,(H,31,39)(H,32,36)(H,33,40)(H,34,41)(H,35,42)(H,37,38)(H4,28,29,30);2H2,1H3/t17-,18-,19+,20-;/m0./s1. The summed E-state index contributed by atoms with van der Waals surface area (Å²) in [7, 11) is 1.50. The number of carboxylic acids is 1. The van der Waals surface area contributed by atoms with Crippen molar-refractivity contribution in [2.75, 3.05) is 20.1 Å². The average Bonchev–Trinajstić information content (AvgIpc) is 2.99. The summed E-state index contributed by atoms with van der Waals surface area (Å²) in [6, 6.07) is 3.91. The van der Waals surface area contributed by atoms with E-state index in [9.17, 15) is 33.9 Å². The normalized spacial score (nSPS) is 21.4. The lowest BCUT2D eigenvalue weighted by atomic mass is 10.0. The lowest BCUT2D eigenvalue weighted by Crippen LogP contribution is -2.58. The molecule has 0 radical (unpaired) electrons. The second-order valence-corrected chi connectivity index (χ2v) is 9.90. The number of nitrogens with zero attached hydrogens (tertiary/aromatic N) is 1. The number of carbonyl (C=O) groups excluding carboxylic acids is 5. The summed E-state index contributed by atoms with van der Waals surface area (Å²) >= 11 is 0. The molecule has 0 spiro atoms. The first-order valence-electron chi connectivity index (χ1n) is 14.4. The molecule has 1 saturated heterocycles. The minimum absolute atomic E-state index is 0.0295. The predicted octanol–water partition coefficient (Wildman–Crippen LogP) is -2.41. The monoisotopic (exact) mass is 619 g/mol. The second kappa shape index (κ2) is 20.2. The molecule has 0 aliphatic carbocycles. The van der Waals surface area contributed by atoms with Crippen molar-refractivity contribution in [3.63, 3.8) is 0 Å². The number of hydrogen-bond acceptors (Lipinski definition) is 8. The number of carboxylic acid groups (broad SMARTS) is 1. The van der Waals surface area contributed by atoms with E-state index < -0.39 is 72.6 Å². The van der Waals surface area contributed by atoms with Gasteiger partial charge in [0.05, 0.1) is 13.0 Å². The summed E-state index contributed by atoms with van der Waals surface area (Å²) in [6.45, 7) is 1.51. The fourth-order valence-electron chi connectivity index (χ4n) is 4.25. The van der Waals surface area contributed by atoms with Crippen LogP contribution < -0.4 is 43.8 Å². The van der Waals surface area contributed by atoms with Crippen LogP contribution >= 0.6 is 0 Å². The van der Waals surface area contributed by atoms with Gasteiger partial charge in [0.15, 0.2) is 5.96 Å². The van der Waals surface area contributed by atoms with E-state index in [-0.39, 0.29) is 31.8 Å². The molecule has 16 heteroatoms. The van der Waals surface area contributed by atoms with E-state index in [1.54, 1.807) is 30.3 Å². The van der Waals surface area contributed by atoms with Crippen LogP contribution in [0, 0.1) is 0 Å². The highest BCUT2D eigenvalue weighted by Gasteiger charge is 2.32. The maximum absolute atomic E-state index is 13.5. The van der Waals surface area contributed by atoms with Crippen LogP contribution in [0.4, 0.5) is 0 Å². The Morgan fingerprint density at radius 1 is 0.818 bits per heavy atom. The van der Waals surface area contributed by atoms with Crippen LogP contribution in [0.5, 0.6) is 0 Å². The zero-order valence-corrected chi connectivity index (χ0v) is 25.1. The molecular weight excluding hydrogens is 574 g/mol. The number of hydrogen-bond donors (Lipinski definition) is 9. The van der Waals surface area contributed by atoms with E-state index >= 15 is 0 Å². The van der Waals surface area contributed by atoms with Gasteiger partial charge in [0.2, 0.25) is 29.5 Å². The number of benzene rings is 1. The van der Waals surface area contributed by atoms with E-state index in [0.29, 0.717) is 18.4 Å². The smallest absolute Gasteiger partial charge is 0.305 e. The first-order valence-corrected chi connectivity index (χ1v) is 14.4. The Labute approximate surface area is 256 Å². The Morgan fingerprint density at radius 3 is 1.95 bits per heavy atom. The number of nitrogens with one attached hydrogen (secondary N) is 5. The number of rotatable bonds is 11. The van der Waals surface area contributed by atoms with Crippen LogP contribution in [-0.4, -0.2) is 90.9 Å². The van der Waals surface area contributed by atoms with E-state index in [4.69, 9.17) is 11.5 Å². The predicted molar refractivity (Wildman–Crippen MR) is 163 cm³/mol. The van der Waals surface area contributed by atoms with Crippen molar-refractivity contribution in [1.29, 1.82) is 0 Å². The SMILES string of the molecule is CCCC[C@@H]1NC(=O)[C@@H](Cc2ccccc2)NC(=O)[C@H](CC(=O)O)NC(=O)CNC(=O)[C@H](CCCN=C(N)N)NC1=O.CN. The Hall–Kier alpha value is -4.73. The van der Waals surface area contributed by atoms with Crippen molar-refractivity contribution in [2.24, 2.45) is 22.2 Å². The fourth-order valence-corrected chi connectivity index (χ4v) is 4.25. The second-order valence-electron chi connectivity index (χ2n) is 9.90. The van der Waals surface area contributed by atoms with Gasteiger partial charge in [-0.3, -0.25) is 33.8 Å². The molecule has 16 nitrogen and oxygen atoms in total. The molecule has 0 aromatic heterocycles. The Morgan fingerprint density at radius 2 is 1.36 bits per heavy atom. The highest BCUT2D eigenvalue weighted by atomic mass is 16.4. The van der Waals surface area contributed by atoms with Gasteiger partial charge in [-0.2, -0.15) is 0 Å². The third-order valence-electron chi connectivity index (χ3n) is 6.43. The average molecular weight is 620 g/mol. The highest BCUT2D eigenvalue weighted by Crippen LogP contribution is 2.09. The van der Waals surface area contributed by atoms with Gasteiger partial charge in [-0.05, 0) is 31.9 Å². The Kier molecular flexibility index (Phi) is 17.1. The first kappa shape index (κ1) is 37.3. The van der Waals surface area contributed by atoms with Crippen molar-refractivity contribution in [3.05, 3.63) is 35.9 Å². The van der Waals surface area contributed by atoms with Crippen LogP contribution in [0.1, 0.15) is 51.0 Å². The van der Waals surface area contributed by atoms with Gasteiger partial charge < -0.3 is 48.9 Å². The summed E-state index contributed by atoms with van der Waals surface area (Å²) in [5.74, 6) is -5.24. The van der Waals surface area contributed by atoms with Crippen molar-refractivity contribution in [2.45, 2.75) is 76.0 Å². The first-order chi connectivity index (χ1) is 21.0. The number of nitrogens with two attached hydrogens (primary N) is 3. The summed E-state index contributed by atoms with van der Waals surface area (Å²) < 4.78 is 0. The summed E-state index contributed by atoms with van der Waals surface area (Å²) in [5.41, 5.74) is 15.9. The Bertz CT molecular complexity index is 1140. The number of amides is 5. The Balaban J connectivity index is 0.00000474. The number of guanidine groups is 1. The van der Waals surface area contributed by atoms with Crippen LogP contribution in [0.3, 0.4) is 0 Å². The molecule has 244 valence electrons. The van der Waals surface area contributed by atoms with Crippen LogP contribution in [0.15, 0.2) is 35.3 Å². The van der Waals surface area contributed by atoms with E-state index in [1.165, 1.54) is 7.05 Å². The number of unbranched alkanes of at least 4 members (excludes halogenated alkanes) is 1. The van der Waals surface area contributed by atoms with E-state index in [2.05, 4.69) is 37.3 Å². The zero-order valence-electron chi connectivity index (χ0n) is 25.1. The third-order valence-corrected chi connectivity index (χ3v) is 6.43. The lowest BCUT2D eigenvalue weighted by Gasteiger charge is -2.26. The maximum atomic E-state index is 13.5. The molecule has 0 bridgehead atoms. The number of carbonyl (C=O) groups is 6. The van der Waals surface area contributed by atoms with Crippen molar-refractivity contribution in [3.8, 4) is 0 Å². The van der Waals surface area contributed by atoms with Crippen LogP contribution in [-0.2, 0) is 35.2 Å². The molecule has 1 fully saturated rings. The topological polar surface area (TPSA) is 273 Å². The van der Waals surface area contributed by atoms with E-state index in [1.807, 2.05) is 6.92 Å². The largest absolute Gasteiger partial charge is 0.481 e.